The normalized spacial score (nSPS) is 17.1. The summed E-state index contributed by atoms with van der Waals surface area (Å²) >= 11 is 3.37. The third-order valence-electron chi connectivity index (χ3n) is 3.21. The van der Waals surface area contributed by atoms with E-state index in [0.717, 1.165) is 28.7 Å². The number of hydrogen-bond donors (Lipinski definition) is 1. The van der Waals surface area contributed by atoms with Crippen LogP contribution in [0.3, 0.4) is 0 Å². The monoisotopic (exact) mass is 293 g/mol. The fraction of sp³-hybridized carbons (Fsp3) is 0.333. The van der Waals surface area contributed by atoms with Crippen molar-refractivity contribution in [3.05, 3.63) is 28.5 Å². The van der Waals surface area contributed by atoms with Crippen molar-refractivity contribution in [1.29, 1.82) is 0 Å². The summed E-state index contributed by atoms with van der Waals surface area (Å²) in [7, 11) is 0. The molecule has 4 nitrogen and oxygen atoms in total. The highest BCUT2D eigenvalue weighted by molar-refractivity contribution is 9.10. The predicted molar refractivity (Wildman–Crippen MR) is 68.4 cm³/mol. The Morgan fingerprint density at radius 2 is 2.18 bits per heavy atom. The number of rotatable bonds is 2. The van der Waals surface area contributed by atoms with Crippen LogP contribution in [-0.2, 0) is 5.41 Å². The average molecular weight is 294 g/mol. The van der Waals surface area contributed by atoms with E-state index in [0.29, 0.717) is 11.6 Å². The SMILES string of the molecule is CC1(c2noc(-c3ccc(Br)cc3N)n2)CC1. The molecule has 88 valence electrons. The summed E-state index contributed by atoms with van der Waals surface area (Å²) in [5.41, 5.74) is 7.47. The lowest BCUT2D eigenvalue weighted by Gasteiger charge is -2.01. The topological polar surface area (TPSA) is 64.9 Å². The number of anilines is 1. The fourth-order valence-electron chi connectivity index (χ4n) is 1.72. The van der Waals surface area contributed by atoms with Gasteiger partial charge in [0.15, 0.2) is 5.82 Å². The summed E-state index contributed by atoms with van der Waals surface area (Å²) in [5.74, 6) is 1.29. The maximum Gasteiger partial charge on any atom is 0.260 e. The maximum absolute atomic E-state index is 5.93. The molecule has 17 heavy (non-hydrogen) atoms. The van der Waals surface area contributed by atoms with Crippen LogP contribution in [0.1, 0.15) is 25.6 Å². The third-order valence-corrected chi connectivity index (χ3v) is 3.70. The van der Waals surface area contributed by atoms with Crippen LogP contribution in [0.2, 0.25) is 0 Å². The zero-order valence-electron chi connectivity index (χ0n) is 9.40. The summed E-state index contributed by atoms with van der Waals surface area (Å²) in [6, 6.07) is 5.62. The summed E-state index contributed by atoms with van der Waals surface area (Å²) in [5, 5.41) is 4.04. The van der Waals surface area contributed by atoms with Crippen molar-refractivity contribution in [3.8, 4) is 11.5 Å². The third kappa shape index (κ3) is 1.84. The van der Waals surface area contributed by atoms with Gasteiger partial charge >= 0.3 is 0 Å². The van der Waals surface area contributed by atoms with Gasteiger partial charge in [-0.2, -0.15) is 4.98 Å². The molecule has 0 amide bonds. The quantitative estimate of drug-likeness (QED) is 0.864. The molecule has 0 aliphatic heterocycles. The zero-order chi connectivity index (χ0) is 12.0. The van der Waals surface area contributed by atoms with Gasteiger partial charge in [-0.25, -0.2) is 0 Å². The van der Waals surface area contributed by atoms with Gasteiger partial charge in [0.25, 0.3) is 5.89 Å². The molecule has 2 N–H and O–H groups in total. The Labute approximate surface area is 107 Å². The molecular weight excluding hydrogens is 282 g/mol. The van der Waals surface area contributed by atoms with Crippen LogP contribution in [0.25, 0.3) is 11.5 Å². The summed E-state index contributed by atoms with van der Waals surface area (Å²) in [6.07, 6.45) is 2.25. The van der Waals surface area contributed by atoms with Crippen LogP contribution < -0.4 is 5.73 Å². The highest BCUT2D eigenvalue weighted by Gasteiger charge is 2.43. The van der Waals surface area contributed by atoms with E-state index in [1.165, 1.54) is 0 Å². The molecule has 0 atom stereocenters. The van der Waals surface area contributed by atoms with Crippen LogP contribution in [0.15, 0.2) is 27.2 Å². The lowest BCUT2D eigenvalue weighted by Crippen LogP contribution is -2.02. The molecule has 1 aliphatic carbocycles. The number of nitrogen functional groups attached to an aromatic ring is 1. The van der Waals surface area contributed by atoms with Crippen LogP contribution in [0, 0.1) is 0 Å². The van der Waals surface area contributed by atoms with Gasteiger partial charge < -0.3 is 10.3 Å². The van der Waals surface area contributed by atoms with E-state index >= 15 is 0 Å². The Kier molecular flexibility index (Phi) is 2.26. The molecule has 5 heteroatoms. The first-order valence-electron chi connectivity index (χ1n) is 5.48. The Bertz CT molecular complexity index is 575. The molecule has 0 unspecified atom stereocenters. The van der Waals surface area contributed by atoms with E-state index in [4.69, 9.17) is 10.3 Å². The number of aromatic nitrogens is 2. The van der Waals surface area contributed by atoms with Crippen molar-refractivity contribution < 1.29 is 4.52 Å². The number of nitrogens with zero attached hydrogens (tertiary/aromatic N) is 2. The average Bonchev–Trinajstić information content (AvgIpc) is 2.85. The van der Waals surface area contributed by atoms with Gasteiger partial charge in [-0.05, 0) is 31.0 Å². The van der Waals surface area contributed by atoms with E-state index in [2.05, 4.69) is 33.0 Å². The van der Waals surface area contributed by atoms with Crippen molar-refractivity contribution >= 4 is 21.6 Å². The molecule has 1 heterocycles. The predicted octanol–water partition coefficient (Wildman–Crippen LogP) is 3.13. The minimum absolute atomic E-state index is 0.117. The molecule has 3 rings (SSSR count). The second-order valence-electron chi connectivity index (χ2n) is 4.72. The van der Waals surface area contributed by atoms with E-state index in [1.54, 1.807) is 0 Å². The number of nitrogens with two attached hydrogens (primary N) is 1. The van der Waals surface area contributed by atoms with Gasteiger partial charge in [0.05, 0.1) is 5.56 Å². The number of halogens is 1. The van der Waals surface area contributed by atoms with E-state index < -0.39 is 0 Å². The van der Waals surface area contributed by atoms with Gasteiger partial charge in [0, 0.05) is 15.6 Å². The minimum atomic E-state index is 0.117. The fourth-order valence-corrected chi connectivity index (χ4v) is 2.10. The lowest BCUT2D eigenvalue weighted by atomic mass is 10.1. The van der Waals surface area contributed by atoms with Crippen molar-refractivity contribution in [1.82, 2.24) is 10.1 Å². The smallest absolute Gasteiger partial charge is 0.260 e. The number of hydrogen-bond acceptors (Lipinski definition) is 4. The largest absolute Gasteiger partial charge is 0.398 e. The van der Waals surface area contributed by atoms with Crippen LogP contribution in [0.4, 0.5) is 5.69 Å². The number of benzene rings is 1. The van der Waals surface area contributed by atoms with Gasteiger partial charge in [-0.3, -0.25) is 0 Å². The molecular formula is C12H12BrN3O. The highest BCUT2D eigenvalue weighted by atomic mass is 79.9. The van der Waals surface area contributed by atoms with Crippen LogP contribution in [0.5, 0.6) is 0 Å². The molecule has 1 aromatic heterocycles. The first-order chi connectivity index (χ1) is 8.08. The molecule has 0 saturated heterocycles. The van der Waals surface area contributed by atoms with Crippen molar-refractivity contribution in [2.75, 3.05) is 5.73 Å². The Morgan fingerprint density at radius 1 is 1.41 bits per heavy atom. The molecule has 0 spiro atoms. The van der Waals surface area contributed by atoms with Gasteiger partial charge in [-0.15, -0.1) is 0 Å². The molecule has 2 aromatic rings. The first kappa shape index (κ1) is 10.8. The first-order valence-corrected chi connectivity index (χ1v) is 6.27. The Hall–Kier alpha value is -1.36. The Balaban J connectivity index is 2.01. The summed E-state index contributed by atoms with van der Waals surface area (Å²) in [6.45, 7) is 2.15. The molecule has 0 bridgehead atoms. The zero-order valence-corrected chi connectivity index (χ0v) is 11.0. The molecule has 1 aromatic carbocycles. The molecule has 1 fully saturated rings. The lowest BCUT2D eigenvalue weighted by molar-refractivity contribution is 0.416. The second-order valence-corrected chi connectivity index (χ2v) is 5.63. The highest BCUT2D eigenvalue weighted by Crippen LogP contribution is 2.46. The Morgan fingerprint density at radius 3 is 2.82 bits per heavy atom. The van der Waals surface area contributed by atoms with E-state index in [-0.39, 0.29) is 5.41 Å². The maximum atomic E-state index is 5.93. The summed E-state index contributed by atoms with van der Waals surface area (Å²) < 4.78 is 6.22. The molecule has 0 radical (unpaired) electrons. The van der Waals surface area contributed by atoms with Gasteiger partial charge in [0.2, 0.25) is 0 Å². The van der Waals surface area contributed by atoms with Crippen molar-refractivity contribution in [3.63, 3.8) is 0 Å². The second kappa shape index (κ2) is 3.57. The van der Waals surface area contributed by atoms with Gasteiger partial charge in [0.1, 0.15) is 0 Å². The minimum Gasteiger partial charge on any atom is -0.398 e. The van der Waals surface area contributed by atoms with Gasteiger partial charge in [-0.1, -0.05) is 28.0 Å². The molecule has 1 saturated carbocycles. The van der Waals surface area contributed by atoms with Crippen LogP contribution >= 0.6 is 15.9 Å². The summed E-state index contributed by atoms with van der Waals surface area (Å²) in [4.78, 5) is 4.43. The van der Waals surface area contributed by atoms with Crippen molar-refractivity contribution in [2.45, 2.75) is 25.2 Å². The molecule has 1 aliphatic rings. The van der Waals surface area contributed by atoms with E-state index in [1.807, 2.05) is 18.2 Å². The van der Waals surface area contributed by atoms with Crippen LogP contribution in [-0.4, -0.2) is 10.1 Å². The van der Waals surface area contributed by atoms with Crippen molar-refractivity contribution in [2.24, 2.45) is 0 Å². The van der Waals surface area contributed by atoms with E-state index in [9.17, 15) is 0 Å². The standard InChI is InChI=1S/C12H12BrN3O/c1-12(4-5-12)11-15-10(17-16-11)8-3-2-7(13)6-9(8)14/h2-3,6H,4-5,14H2,1H3.